The fraction of sp³-hybridized carbons (Fsp3) is 0.467. The van der Waals surface area contributed by atoms with Gasteiger partial charge in [-0.1, -0.05) is 43.2 Å². The molecule has 2 atom stereocenters. The molecule has 2 aromatic rings. The summed E-state index contributed by atoms with van der Waals surface area (Å²) >= 11 is 0. The standard InChI is InChI=1S/C30H37F3N4O4/c1-4-41-19-27(39)35-24(21-9-5-6-10-21)18-26(38)36-28(34-2)29(40)37(3)25-12-8-7-11-22(25)17-20-13-15-23(16-14-20)30(31,32)33/h7-8,11-16,21,24,28H,2,4-6,9-10,17-19H2,1,3H3,(H,35,39)(H,36,38). The van der Waals surface area contributed by atoms with Gasteiger partial charge in [0.25, 0.3) is 5.91 Å². The molecule has 2 unspecified atom stereocenters. The minimum atomic E-state index is -4.42. The van der Waals surface area contributed by atoms with E-state index in [1.54, 1.807) is 31.2 Å². The Kier molecular flexibility index (Phi) is 11.5. The molecule has 1 aliphatic rings. The molecule has 2 aromatic carbocycles. The number of amides is 3. The first-order valence-electron chi connectivity index (χ1n) is 13.7. The quantitative estimate of drug-likeness (QED) is 0.344. The number of hydrogen-bond acceptors (Lipinski definition) is 5. The first kappa shape index (κ1) is 31.8. The molecule has 0 aliphatic heterocycles. The second-order valence-corrected chi connectivity index (χ2v) is 10.1. The summed E-state index contributed by atoms with van der Waals surface area (Å²) in [4.78, 5) is 43.9. The van der Waals surface area contributed by atoms with Crippen LogP contribution in [0.4, 0.5) is 18.9 Å². The molecular formula is C30H37F3N4O4. The monoisotopic (exact) mass is 574 g/mol. The number of anilines is 1. The molecule has 3 amide bonds. The molecule has 0 aromatic heterocycles. The highest BCUT2D eigenvalue weighted by molar-refractivity contribution is 5.99. The molecule has 11 heteroatoms. The van der Waals surface area contributed by atoms with Gasteiger partial charge in [0.1, 0.15) is 6.61 Å². The molecule has 0 heterocycles. The summed E-state index contributed by atoms with van der Waals surface area (Å²) in [6.07, 6.45) is -1.58. The van der Waals surface area contributed by atoms with Crippen LogP contribution in [0.5, 0.6) is 0 Å². The zero-order valence-electron chi connectivity index (χ0n) is 23.4. The number of para-hydroxylation sites is 1. The predicted octanol–water partition coefficient (Wildman–Crippen LogP) is 4.50. The van der Waals surface area contributed by atoms with Crippen LogP contribution in [-0.4, -0.2) is 56.9 Å². The lowest BCUT2D eigenvalue weighted by atomic mass is 9.95. The molecule has 0 saturated heterocycles. The number of rotatable bonds is 13. The van der Waals surface area contributed by atoms with Crippen LogP contribution in [0.3, 0.4) is 0 Å². The summed E-state index contributed by atoms with van der Waals surface area (Å²) in [5.74, 6) is -1.13. The number of carbonyl (C=O) groups is 3. The third-order valence-corrected chi connectivity index (χ3v) is 7.23. The van der Waals surface area contributed by atoms with Crippen molar-refractivity contribution in [2.24, 2.45) is 10.9 Å². The third-order valence-electron chi connectivity index (χ3n) is 7.23. The van der Waals surface area contributed by atoms with Gasteiger partial charge in [0, 0.05) is 31.8 Å². The van der Waals surface area contributed by atoms with E-state index in [2.05, 4.69) is 22.3 Å². The van der Waals surface area contributed by atoms with Crippen molar-refractivity contribution in [1.82, 2.24) is 10.6 Å². The number of likely N-dealkylation sites (N-methyl/N-ethyl adjacent to an activating group) is 1. The molecule has 0 radical (unpaired) electrons. The topological polar surface area (TPSA) is 100 Å². The molecule has 1 fully saturated rings. The Labute approximate surface area is 238 Å². The predicted molar refractivity (Wildman–Crippen MR) is 151 cm³/mol. The summed E-state index contributed by atoms with van der Waals surface area (Å²) in [7, 11) is 1.54. The van der Waals surface area contributed by atoms with Gasteiger partial charge in [-0.3, -0.25) is 19.4 Å². The SMILES string of the molecule is C=NC(NC(=O)CC(NC(=O)COCC)C1CCCC1)C(=O)N(C)c1ccccc1Cc1ccc(C(F)(F)F)cc1. The molecule has 41 heavy (non-hydrogen) atoms. The van der Waals surface area contributed by atoms with Crippen LogP contribution in [-0.2, 0) is 31.7 Å². The number of carbonyl (C=O) groups excluding carboxylic acids is 3. The van der Waals surface area contributed by atoms with Gasteiger partial charge < -0.3 is 20.3 Å². The van der Waals surface area contributed by atoms with Crippen LogP contribution < -0.4 is 15.5 Å². The number of ether oxygens (including phenoxy) is 1. The van der Waals surface area contributed by atoms with E-state index in [4.69, 9.17) is 4.74 Å². The van der Waals surface area contributed by atoms with Crippen molar-refractivity contribution in [3.05, 3.63) is 65.2 Å². The van der Waals surface area contributed by atoms with Crippen LogP contribution in [0.2, 0.25) is 0 Å². The van der Waals surface area contributed by atoms with Crippen molar-refractivity contribution in [2.75, 3.05) is 25.2 Å². The highest BCUT2D eigenvalue weighted by Gasteiger charge is 2.31. The smallest absolute Gasteiger partial charge is 0.372 e. The van der Waals surface area contributed by atoms with Crippen molar-refractivity contribution in [3.63, 3.8) is 0 Å². The Morgan fingerprint density at radius 3 is 2.32 bits per heavy atom. The number of benzene rings is 2. The van der Waals surface area contributed by atoms with E-state index in [0.29, 0.717) is 23.4 Å². The van der Waals surface area contributed by atoms with Crippen molar-refractivity contribution < 1.29 is 32.3 Å². The van der Waals surface area contributed by atoms with E-state index in [-0.39, 0.29) is 31.3 Å². The van der Waals surface area contributed by atoms with E-state index in [9.17, 15) is 27.6 Å². The van der Waals surface area contributed by atoms with Crippen LogP contribution in [0.1, 0.15) is 55.7 Å². The van der Waals surface area contributed by atoms with E-state index in [1.165, 1.54) is 24.1 Å². The number of alkyl halides is 3. The number of nitrogens with one attached hydrogen (secondary N) is 2. The van der Waals surface area contributed by atoms with Gasteiger partial charge in [-0.25, -0.2) is 0 Å². The second kappa shape index (κ2) is 14.8. The van der Waals surface area contributed by atoms with Crippen LogP contribution in [0.25, 0.3) is 0 Å². The molecule has 1 saturated carbocycles. The van der Waals surface area contributed by atoms with Gasteiger partial charge in [0.05, 0.1) is 5.56 Å². The summed E-state index contributed by atoms with van der Waals surface area (Å²) in [5.41, 5.74) is 1.13. The van der Waals surface area contributed by atoms with Crippen molar-refractivity contribution in [2.45, 2.75) is 63.8 Å². The summed E-state index contributed by atoms with van der Waals surface area (Å²) in [5, 5.41) is 5.54. The van der Waals surface area contributed by atoms with E-state index < -0.39 is 35.8 Å². The number of halogens is 3. The normalized spacial score (nSPS) is 15.1. The van der Waals surface area contributed by atoms with E-state index in [1.807, 2.05) is 0 Å². The minimum Gasteiger partial charge on any atom is -0.372 e. The van der Waals surface area contributed by atoms with Gasteiger partial charge in [-0.2, -0.15) is 13.2 Å². The Hall–Kier alpha value is -3.73. The first-order chi connectivity index (χ1) is 19.5. The molecule has 1 aliphatic carbocycles. The molecule has 8 nitrogen and oxygen atoms in total. The molecule has 3 rings (SSSR count). The van der Waals surface area contributed by atoms with Gasteiger partial charge in [-0.05, 0) is 68.1 Å². The lowest BCUT2D eigenvalue weighted by molar-refractivity contribution is -0.137. The van der Waals surface area contributed by atoms with Crippen molar-refractivity contribution in [1.29, 1.82) is 0 Å². The van der Waals surface area contributed by atoms with Crippen LogP contribution in [0, 0.1) is 5.92 Å². The average molecular weight is 575 g/mol. The first-order valence-corrected chi connectivity index (χ1v) is 13.7. The summed E-state index contributed by atoms with van der Waals surface area (Å²) < 4.78 is 44.0. The third kappa shape index (κ3) is 9.14. The average Bonchev–Trinajstić information content (AvgIpc) is 3.49. The highest BCUT2D eigenvalue weighted by atomic mass is 19.4. The lowest BCUT2D eigenvalue weighted by Crippen LogP contribution is -2.49. The van der Waals surface area contributed by atoms with Gasteiger partial charge in [0.15, 0.2) is 6.17 Å². The number of nitrogens with zero attached hydrogens (tertiary/aromatic N) is 2. The van der Waals surface area contributed by atoms with Gasteiger partial charge >= 0.3 is 6.18 Å². The van der Waals surface area contributed by atoms with Crippen LogP contribution in [0.15, 0.2) is 53.5 Å². The second-order valence-electron chi connectivity index (χ2n) is 10.1. The van der Waals surface area contributed by atoms with Crippen molar-refractivity contribution in [3.8, 4) is 0 Å². The molecule has 2 N–H and O–H groups in total. The van der Waals surface area contributed by atoms with E-state index in [0.717, 1.165) is 37.8 Å². The fourth-order valence-corrected chi connectivity index (χ4v) is 5.06. The minimum absolute atomic E-state index is 0.0178. The highest BCUT2D eigenvalue weighted by Crippen LogP contribution is 2.31. The van der Waals surface area contributed by atoms with Crippen molar-refractivity contribution >= 4 is 30.1 Å². The maximum Gasteiger partial charge on any atom is 0.416 e. The van der Waals surface area contributed by atoms with Crippen LogP contribution >= 0.6 is 0 Å². The maximum absolute atomic E-state index is 13.4. The maximum atomic E-state index is 13.4. The Balaban J connectivity index is 1.68. The van der Waals surface area contributed by atoms with Gasteiger partial charge in [0.2, 0.25) is 11.8 Å². The Morgan fingerprint density at radius 2 is 1.71 bits per heavy atom. The lowest BCUT2D eigenvalue weighted by Gasteiger charge is -2.27. The fourth-order valence-electron chi connectivity index (χ4n) is 5.06. The van der Waals surface area contributed by atoms with Gasteiger partial charge in [-0.15, -0.1) is 0 Å². The summed E-state index contributed by atoms with van der Waals surface area (Å²) in [6.45, 7) is 5.58. The molecule has 0 bridgehead atoms. The Bertz CT molecular complexity index is 1200. The molecule has 0 spiro atoms. The number of aliphatic imine (C=N–C) groups is 1. The molecule has 222 valence electrons. The molecular weight excluding hydrogens is 537 g/mol. The van der Waals surface area contributed by atoms with E-state index >= 15 is 0 Å². The summed E-state index contributed by atoms with van der Waals surface area (Å²) in [6, 6.07) is 11.5. The number of hydrogen-bond donors (Lipinski definition) is 2. The Morgan fingerprint density at radius 1 is 1.05 bits per heavy atom. The zero-order chi connectivity index (χ0) is 30.0. The largest absolute Gasteiger partial charge is 0.416 e. The zero-order valence-corrected chi connectivity index (χ0v) is 23.4.